The Hall–Kier alpha value is -2.61. The van der Waals surface area contributed by atoms with Crippen molar-refractivity contribution in [2.45, 2.75) is 39.0 Å². The van der Waals surface area contributed by atoms with Crippen LogP contribution in [0.15, 0.2) is 47.1 Å². The zero-order valence-electron chi connectivity index (χ0n) is 13.9. The van der Waals surface area contributed by atoms with Crippen LogP contribution in [0, 0.1) is 22.6 Å². The maximum atomic E-state index is 13.3. The Labute approximate surface area is 140 Å². The second kappa shape index (κ2) is 5.20. The first-order valence-electron chi connectivity index (χ1n) is 7.80. The van der Waals surface area contributed by atoms with Crippen molar-refractivity contribution in [2.24, 2.45) is 11.1 Å². The highest BCUT2D eigenvalue weighted by Gasteiger charge is 2.50. The molecule has 24 heavy (non-hydrogen) atoms. The molecule has 0 saturated carbocycles. The van der Waals surface area contributed by atoms with Crippen molar-refractivity contribution in [2.75, 3.05) is 0 Å². The van der Waals surface area contributed by atoms with Crippen LogP contribution in [0.1, 0.15) is 39.2 Å². The maximum absolute atomic E-state index is 13.3. The van der Waals surface area contributed by atoms with E-state index in [-0.39, 0.29) is 28.5 Å². The summed E-state index contributed by atoms with van der Waals surface area (Å²) in [4.78, 5) is 12.9. The fourth-order valence-electron chi connectivity index (χ4n) is 3.70. The number of allylic oxidation sites excluding steroid dienone is 3. The van der Waals surface area contributed by atoms with Crippen molar-refractivity contribution in [3.8, 4) is 6.07 Å². The average Bonchev–Trinajstić information content (AvgIpc) is 2.45. The van der Waals surface area contributed by atoms with Gasteiger partial charge in [-0.15, -0.1) is 0 Å². The standard InChI is InChI=1S/C19H19FN2O2/c1-18(2)8-14(23)16-15(9-18)24-17(22)13(10-21)19(16,3)11-4-6-12(20)7-5-11/h4-7H,8-9,22H2,1-3H3. The van der Waals surface area contributed by atoms with Gasteiger partial charge in [-0.1, -0.05) is 26.0 Å². The van der Waals surface area contributed by atoms with Crippen LogP contribution < -0.4 is 5.73 Å². The molecule has 0 aromatic heterocycles. The lowest BCUT2D eigenvalue weighted by atomic mass is 9.63. The van der Waals surface area contributed by atoms with E-state index in [9.17, 15) is 14.4 Å². The van der Waals surface area contributed by atoms with Gasteiger partial charge in [-0.2, -0.15) is 5.26 Å². The number of nitrogens with zero attached hydrogens (tertiary/aromatic N) is 1. The van der Waals surface area contributed by atoms with Crippen LogP contribution >= 0.6 is 0 Å². The van der Waals surface area contributed by atoms with Crippen molar-refractivity contribution >= 4 is 5.78 Å². The lowest BCUT2D eigenvalue weighted by Crippen LogP contribution is -2.42. The van der Waals surface area contributed by atoms with Gasteiger partial charge in [0.15, 0.2) is 5.78 Å². The summed E-state index contributed by atoms with van der Waals surface area (Å²) in [7, 11) is 0. The van der Waals surface area contributed by atoms with Crippen LogP contribution in [0.3, 0.4) is 0 Å². The predicted molar refractivity (Wildman–Crippen MR) is 86.7 cm³/mol. The first-order chi connectivity index (χ1) is 11.2. The lowest BCUT2D eigenvalue weighted by molar-refractivity contribution is -0.119. The summed E-state index contributed by atoms with van der Waals surface area (Å²) < 4.78 is 19.0. The van der Waals surface area contributed by atoms with E-state index in [1.165, 1.54) is 12.1 Å². The van der Waals surface area contributed by atoms with Gasteiger partial charge < -0.3 is 10.5 Å². The van der Waals surface area contributed by atoms with Crippen molar-refractivity contribution in [1.29, 1.82) is 5.26 Å². The minimum Gasteiger partial charge on any atom is -0.444 e. The highest BCUT2D eigenvalue weighted by Crippen LogP contribution is 2.51. The molecule has 1 aromatic carbocycles. The van der Waals surface area contributed by atoms with E-state index in [2.05, 4.69) is 6.07 Å². The number of halogens is 1. The molecule has 1 aromatic rings. The first-order valence-corrected chi connectivity index (χ1v) is 7.80. The summed E-state index contributed by atoms with van der Waals surface area (Å²) in [6, 6.07) is 7.89. The monoisotopic (exact) mass is 326 g/mol. The maximum Gasteiger partial charge on any atom is 0.205 e. The van der Waals surface area contributed by atoms with E-state index in [1.807, 2.05) is 13.8 Å². The molecule has 1 unspecified atom stereocenters. The Kier molecular flexibility index (Phi) is 3.52. The summed E-state index contributed by atoms with van der Waals surface area (Å²) >= 11 is 0. The average molecular weight is 326 g/mol. The molecule has 2 aliphatic rings. The van der Waals surface area contributed by atoms with E-state index < -0.39 is 5.41 Å². The molecule has 1 heterocycles. The minimum atomic E-state index is -1.03. The molecule has 1 atom stereocenters. The van der Waals surface area contributed by atoms with Gasteiger partial charge in [0, 0.05) is 18.4 Å². The molecule has 0 saturated heterocycles. The van der Waals surface area contributed by atoms with Crippen LogP contribution in [0.4, 0.5) is 4.39 Å². The molecule has 3 rings (SSSR count). The minimum absolute atomic E-state index is 0.00794. The highest BCUT2D eigenvalue weighted by molar-refractivity contribution is 6.01. The Balaban J connectivity index is 2.27. The van der Waals surface area contributed by atoms with E-state index >= 15 is 0 Å². The summed E-state index contributed by atoms with van der Waals surface area (Å²) in [5.41, 5.74) is 6.01. The molecule has 0 fully saturated rings. The second-order valence-corrected chi connectivity index (χ2v) is 7.32. The molecule has 0 amide bonds. The molecule has 1 aliphatic carbocycles. The quantitative estimate of drug-likeness (QED) is 0.857. The second-order valence-electron chi connectivity index (χ2n) is 7.32. The summed E-state index contributed by atoms with van der Waals surface area (Å²) in [6.07, 6.45) is 0.925. The molecule has 5 heteroatoms. The number of nitrogens with two attached hydrogens (primary N) is 1. The molecular weight excluding hydrogens is 307 g/mol. The molecule has 2 N–H and O–H groups in total. The van der Waals surface area contributed by atoms with E-state index in [0.717, 1.165) is 0 Å². The Morgan fingerprint density at radius 2 is 1.83 bits per heavy atom. The smallest absolute Gasteiger partial charge is 0.205 e. The fraction of sp³-hybridized carbons (Fsp3) is 0.368. The Morgan fingerprint density at radius 1 is 1.21 bits per heavy atom. The zero-order chi connectivity index (χ0) is 17.7. The zero-order valence-corrected chi connectivity index (χ0v) is 13.9. The number of benzene rings is 1. The number of carbonyl (C=O) groups is 1. The molecule has 4 nitrogen and oxygen atoms in total. The number of ketones is 1. The summed E-state index contributed by atoms with van der Waals surface area (Å²) in [5.74, 6) is 0.0802. The van der Waals surface area contributed by atoms with Gasteiger partial charge in [-0.25, -0.2) is 4.39 Å². The molecular formula is C19H19FN2O2. The van der Waals surface area contributed by atoms with Crippen LogP contribution in [0.2, 0.25) is 0 Å². The van der Waals surface area contributed by atoms with Crippen molar-refractivity contribution in [3.05, 3.63) is 58.4 Å². The summed E-state index contributed by atoms with van der Waals surface area (Å²) in [6.45, 7) is 5.76. The predicted octanol–water partition coefficient (Wildman–Crippen LogP) is 3.45. The Bertz CT molecular complexity index is 828. The lowest BCUT2D eigenvalue weighted by Gasteiger charge is -2.42. The SMILES string of the molecule is CC1(C)CC(=O)C2=C(C1)OC(N)=C(C#N)C2(C)c1ccc(F)cc1. The molecule has 0 radical (unpaired) electrons. The third-order valence-electron chi connectivity index (χ3n) is 4.85. The number of Topliss-reactive ketones (excluding diaryl/α,β-unsaturated/α-hetero) is 1. The van der Waals surface area contributed by atoms with Gasteiger partial charge in [0.25, 0.3) is 0 Å². The number of ether oxygens (including phenoxy) is 1. The molecule has 124 valence electrons. The first kappa shape index (κ1) is 16.3. The topological polar surface area (TPSA) is 76.1 Å². The van der Waals surface area contributed by atoms with Gasteiger partial charge in [-0.3, -0.25) is 4.79 Å². The summed E-state index contributed by atoms with van der Waals surface area (Å²) in [5, 5.41) is 9.62. The third-order valence-corrected chi connectivity index (χ3v) is 4.85. The van der Waals surface area contributed by atoms with Crippen LogP contribution in [0.5, 0.6) is 0 Å². The highest BCUT2D eigenvalue weighted by atomic mass is 19.1. The van der Waals surface area contributed by atoms with Crippen LogP contribution in [-0.2, 0) is 14.9 Å². The van der Waals surface area contributed by atoms with E-state index in [4.69, 9.17) is 10.5 Å². The van der Waals surface area contributed by atoms with E-state index in [1.54, 1.807) is 19.1 Å². The largest absolute Gasteiger partial charge is 0.444 e. The number of rotatable bonds is 1. The van der Waals surface area contributed by atoms with Gasteiger partial charge in [0.05, 0.1) is 5.41 Å². The molecule has 1 aliphatic heterocycles. The van der Waals surface area contributed by atoms with Gasteiger partial charge >= 0.3 is 0 Å². The number of carbonyl (C=O) groups excluding carboxylic acids is 1. The van der Waals surface area contributed by atoms with Gasteiger partial charge in [0.2, 0.25) is 5.88 Å². The van der Waals surface area contributed by atoms with Crippen molar-refractivity contribution in [1.82, 2.24) is 0 Å². The van der Waals surface area contributed by atoms with E-state index in [0.29, 0.717) is 29.7 Å². The van der Waals surface area contributed by atoms with Gasteiger partial charge in [0.1, 0.15) is 23.2 Å². The van der Waals surface area contributed by atoms with Crippen LogP contribution in [0.25, 0.3) is 0 Å². The van der Waals surface area contributed by atoms with Crippen LogP contribution in [-0.4, -0.2) is 5.78 Å². The third kappa shape index (κ3) is 2.30. The van der Waals surface area contributed by atoms with Crippen molar-refractivity contribution in [3.63, 3.8) is 0 Å². The molecule has 0 spiro atoms. The number of hydrogen-bond acceptors (Lipinski definition) is 4. The normalized spacial score (nSPS) is 25.9. The number of hydrogen-bond donors (Lipinski definition) is 1. The fourth-order valence-corrected chi connectivity index (χ4v) is 3.70. The Morgan fingerprint density at radius 3 is 2.42 bits per heavy atom. The van der Waals surface area contributed by atoms with Crippen molar-refractivity contribution < 1.29 is 13.9 Å². The number of nitriles is 1. The van der Waals surface area contributed by atoms with Gasteiger partial charge in [-0.05, 0) is 30.0 Å². The molecule has 0 bridgehead atoms.